The molecule has 0 heterocycles. The Morgan fingerprint density at radius 1 is 1.00 bits per heavy atom. The fourth-order valence-corrected chi connectivity index (χ4v) is 1.70. The SMILES string of the molecule is [N-]=[N+]=C(C(=O)c1ccccc1)c1ccc([N+](=O)[O-])cc1. The molecule has 0 aliphatic carbocycles. The largest absolute Gasteiger partial charge is 0.369 e. The molecule has 0 aliphatic rings. The van der Waals surface area contributed by atoms with Crippen molar-refractivity contribution in [2.24, 2.45) is 0 Å². The highest BCUT2D eigenvalue weighted by atomic mass is 16.6. The number of carbonyl (C=O) groups is 1. The van der Waals surface area contributed by atoms with E-state index in [1.807, 2.05) is 0 Å². The van der Waals surface area contributed by atoms with Gasteiger partial charge in [-0.2, -0.15) is 4.79 Å². The summed E-state index contributed by atoms with van der Waals surface area (Å²) in [7, 11) is 0. The van der Waals surface area contributed by atoms with Gasteiger partial charge >= 0.3 is 5.71 Å². The molecule has 0 bridgehead atoms. The van der Waals surface area contributed by atoms with Crippen LogP contribution in [0, 0.1) is 10.1 Å². The maximum atomic E-state index is 12.2. The number of hydrogen-bond donors (Lipinski definition) is 0. The first kappa shape index (κ1) is 13.3. The van der Waals surface area contributed by atoms with Gasteiger partial charge < -0.3 is 5.53 Å². The maximum absolute atomic E-state index is 12.2. The maximum Gasteiger partial charge on any atom is 0.369 e. The number of non-ortho nitro benzene ring substituents is 1. The fraction of sp³-hybridized carbons (Fsp3) is 0. The molecule has 2 aromatic rings. The molecule has 20 heavy (non-hydrogen) atoms. The molecule has 0 saturated heterocycles. The standard InChI is InChI=1S/C14H9N3O3/c15-16-13(14(18)11-4-2-1-3-5-11)10-6-8-12(9-7-10)17(19)20/h1-9H. The summed E-state index contributed by atoms with van der Waals surface area (Å²) in [6, 6.07) is 13.6. The number of ketones is 1. The molecule has 6 nitrogen and oxygen atoms in total. The van der Waals surface area contributed by atoms with Crippen LogP contribution in [0.3, 0.4) is 0 Å². The highest BCUT2D eigenvalue weighted by Crippen LogP contribution is 2.14. The van der Waals surface area contributed by atoms with Crippen LogP contribution in [-0.2, 0) is 0 Å². The lowest BCUT2D eigenvalue weighted by Gasteiger charge is -1.97. The zero-order valence-corrected chi connectivity index (χ0v) is 10.3. The molecule has 0 spiro atoms. The number of Topliss-reactive ketones (excluding diaryl/α,β-unsaturated/α-hetero) is 1. The van der Waals surface area contributed by atoms with Crippen molar-refractivity contribution in [2.75, 3.05) is 0 Å². The van der Waals surface area contributed by atoms with Crippen molar-refractivity contribution in [3.8, 4) is 0 Å². The molecule has 0 saturated carbocycles. The summed E-state index contributed by atoms with van der Waals surface area (Å²) in [5.74, 6) is -0.457. The van der Waals surface area contributed by atoms with Crippen LogP contribution in [0.25, 0.3) is 5.53 Å². The second kappa shape index (κ2) is 5.69. The average Bonchev–Trinajstić information content (AvgIpc) is 2.49. The van der Waals surface area contributed by atoms with Gasteiger partial charge in [-0.25, -0.2) is 0 Å². The van der Waals surface area contributed by atoms with E-state index in [-0.39, 0.29) is 11.4 Å². The van der Waals surface area contributed by atoms with E-state index in [2.05, 4.69) is 4.79 Å². The average molecular weight is 267 g/mol. The number of rotatable bonds is 4. The number of nitro benzene ring substituents is 1. The van der Waals surface area contributed by atoms with E-state index < -0.39 is 10.7 Å². The van der Waals surface area contributed by atoms with Gasteiger partial charge in [-0.05, 0) is 12.1 Å². The number of carbonyl (C=O) groups excluding carboxylic acids is 1. The first-order valence-corrected chi connectivity index (χ1v) is 5.70. The summed E-state index contributed by atoms with van der Waals surface area (Å²) in [6.07, 6.45) is 0. The van der Waals surface area contributed by atoms with Gasteiger partial charge in [0.15, 0.2) is 0 Å². The molecule has 6 heteroatoms. The Labute approximate surface area is 114 Å². The highest BCUT2D eigenvalue weighted by molar-refractivity contribution is 6.49. The molecule has 0 atom stereocenters. The summed E-state index contributed by atoms with van der Waals surface area (Å²) in [5, 5.41) is 10.6. The van der Waals surface area contributed by atoms with Crippen LogP contribution in [0.4, 0.5) is 5.69 Å². The summed E-state index contributed by atoms with van der Waals surface area (Å²) in [5.41, 5.74) is 9.45. The predicted molar refractivity (Wildman–Crippen MR) is 71.6 cm³/mol. The van der Waals surface area contributed by atoms with Crippen LogP contribution in [0.5, 0.6) is 0 Å². The monoisotopic (exact) mass is 267 g/mol. The van der Waals surface area contributed by atoms with Gasteiger partial charge in [-0.3, -0.25) is 14.9 Å². The molecular formula is C14H9N3O3. The molecule has 98 valence electrons. The van der Waals surface area contributed by atoms with Crippen LogP contribution in [0.1, 0.15) is 15.9 Å². The van der Waals surface area contributed by atoms with Crippen molar-refractivity contribution in [1.82, 2.24) is 0 Å². The minimum atomic E-state index is -0.543. The Kier molecular flexibility index (Phi) is 3.79. The van der Waals surface area contributed by atoms with E-state index in [1.165, 1.54) is 24.3 Å². The molecule has 0 unspecified atom stereocenters. The summed E-state index contributed by atoms with van der Waals surface area (Å²) in [4.78, 5) is 25.2. The Balaban J connectivity index is 2.37. The molecule has 0 N–H and O–H groups in total. The summed E-state index contributed by atoms with van der Waals surface area (Å²) >= 11 is 0. The van der Waals surface area contributed by atoms with Crippen LogP contribution in [-0.4, -0.2) is 21.2 Å². The van der Waals surface area contributed by atoms with Crippen molar-refractivity contribution < 1.29 is 14.5 Å². The van der Waals surface area contributed by atoms with Crippen molar-refractivity contribution in [1.29, 1.82) is 0 Å². The highest BCUT2D eigenvalue weighted by Gasteiger charge is 2.24. The van der Waals surface area contributed by atoms with E-state index >= 15 is 0 Å². The van der Waals surface area contributed by atoms with Gasteiger partial charge in [0, 0.05) is 17.7 Å². The third kappa shape index (κ3) is 2.66. The third-order valence-electron chi connectivity index (χ3n) is 2.70. The van der Waals surface area contributed by atoms with E-state index in [0.717, 1.165) is 0 Å². The number of nitrogens with zero attached hydrogens (tertiary/aromatic N) is 3. The fourth-order valence-electron chi connectivity index (χ4n) is 1.70. The van der Waals surface area contributed by atoms with Gasteiger partial charge in [0.2, 0.25) is 0 Å². The smallest absolute Gasteiger partial charge is 0.361 e. The quantitative estimate of drug-likeness (QED) is 0.212. The van der Waals surface area contributed by atoms with Gasteiger partial charge in [-0.15, -0.1) is 0 Å². The molecule has 2 aromatic carbocycles. The Bertz CT molecular complexity index is 702. The van der Waals surface area contributed by atoms with Crippen LogP contribution in [0.15, 0.2) is 54.6 Å². The van der Waals surface area contributed by atoms with Gasteiger partial charge in [0.1, 0.15) is 0 Å². The zero-order chi connectivity index (χ0) is 14.5. The molecule has 0 aromatic heterocycles. The van der Waals surface area contributed by atoms with Crippen LogP contribution in [0.2, 0.25) is 0 Å². The topological polar surface area (TPSA) is 96.6 Å². The lowest BCUT2D eigenvalue weighted by Crippen LogP contribution is -2.16. The minimum Gasteiger partial charge on any atom is -0.361 e. The van der Waals surface area contributed by atoms with Gasteiger partial charge in [0.25, 0.3) is 11.5 Å². The molecule has 0 radical (unpaired) electrons. The predicted octanol–water partition coefficient (Wildman–Crippen LogP) is 2.50. The molecule has 0 aliphatic heterocycles. The number of benzene rings is 2. The normalized spacial score (nSPS) is 9.60. The van der Waals surface area contributed by atoms with Gasteiger partial charge in [0.05, 0.1) is 10.5 Å². The van der Waals surface area contributed by atoms with Crippen molar-refractivity contribution in [3.05, 3.63) is 81.4 Å². The first-order valence-electron chi connectivity index (χ1n) is 5.70. The van der Waals surface area contributed by atoms with E-state index in [4.69, 9.17) is 5.53 Å². The Morgan fingerprint density at radius 3 is 2.10 bits per heavy atom. The molecule has 0 amide bonds. The first-order chi connectivity index (χ1) is 9.63. The summed E-state index contributed by atoms with van der Waals surface area (Å²) < 4.78 is 0. The van der Waals surface area contributed by atoms with Crippen LogP contribution >= 0.6 is 0 Å². The lowest BCUT2D eigenvalue weighted by atomic mass is 10.0. The Hall–Kier alpha value is -3.11. The molecular weight excluding hydrogens is 258 g/mol. The zero-order valence-electron chi connectivity index (χ0n) is 10.3. The van der Waals surface area contributed by atoms with E-state index in [1.54, 1.807) is 30.3 Å². The number of hydrogen-bond acceptors (Lipinski definition) is 3. The molecule has 0 fully saturated rings. The Morgan fingerprint density at radius 2 is 1.60 bits per heavy atom. The second-order valence-corrected chi connectivity index (χ2v) is 3.95. The van der Waals surface area contributed by atoms with E-state index in [9.17, 15) is 14.9 Å². The van der Waals surface area contributed by atoms with Crippen LogP contribution < -0.4 is 0 Å². The number of nitro groups is 1. The minimum absolute atomic E-state index is 0.0989. The second-order valence-electron chi connectivity index (χ2n) is 3.95. The molecule has 2 rings (SSSR count). The van der Waals surface area contributed by atoms with Crippen molar-refractivity contribution in [3.63, 3.8) is 0 Å². The van der Waals surface area contributed by atoms with Crippen molar-refractivity contribution >= 4 is 17.2 Å². The van der Waals surface area contributed by atoms with Crippen molar-refractivity contribution in [2.45, 2.75) is 0 Å². The summed E-state index contributed by atoms with van der Waals surface area (Å²) in [6.45, 7) is 0. The third-order valence-corrected chi connectivity index (χ3v) is 2.70. The van der Waals surface area contributed by atoms with E-state index in [0.29, 0.717) is 11.1 Å². The van der Waals surface area contributed by atoms with Gasteiger partial charge in [-0.1, -0.05) is 30.3 Å². The lowest BCUT2D eigenvalue weighted by molar-refractivity contribution is -0.384.